The molecule has 160 valence electrons. The first-order valence-corrected chi connectivity index (χ1v) is 10.7. The second kappa shape index (κ2) is 8.17. The second-order valence-electron chi connectivity index (χ2n) is 7.88. The van der Waals surface area contributed by atoms with Crippen LogP contribution in [0.25, 0.3) is 5.69 Å². The van der Waals surface area contributed by atoms with Gasteiger partial charge in [0.25, 0.3) is 0 Å². The molecule has 1 aliphatic heterocycles. The molecule has 0 unspecified atom stereocenters. The Bertz CT molecular complexity index is 1320. The largest absolute Gasteiger partial charge is 0.322 e. The lowest BCUT2D eigenvalue weighted by Gasteiger charge is -2.32. The zero-order chi connectivity index (χ0) is 22.2. The zero-order valence-electron chi connectivity index (χ0n) is 17.4. The Morgan fingerprint density at radius 3 is 2.62 bits per heavy atom. The number of aromatic nitrogens is 1. The number of para-hydroxylation sites is 1. The fourth-order valence-corrected chi connectivity index (χ4v) is 4.51. The minimum absolute atomic E-state index is 0.0339. The first kappa shape index (κ1) is 20.3. The molecule has 0 radical (unpaired) electrons. The second-order valence-corrected chi connectivity index (χ2v) is 8.29. The number of hydrogen-bond donors (Lipinski definition) is 1. The van der Waals surface area contributed by atoms with Crippen LogP contribution >= 0.6 is 11.6 Å². The fourth-order valence-electron chi connectivity index (χ4n) is 4.33. The van der Waals surface area contributed by atoms with E-state index in [1.807, 2.05) is 53.6 Å². The molecular formula is C26H21ClFN3O. The van der Waals surface area contributed by atoms with Gasteiger partial charge in [-0.15, -0.1) is 0 Å². The number of nitrogens with zero attached hydrogens (tertiary/aromatic N) is 2. The van der Waals surface area contributed by atoms with Crippen molar-refractivity contribution in [3.05, 3.63) is 118 Å². The highest BCUT2D eigenvalue weighted by atomic mass is 35.5. The van der Waals surface area contributed by atoms with Crippen molar-refractivity contribution in [2.45, 2.75) is 19.5 Å². The maximum atomic E-state index is 13.6. The van der Waals surface area contributed by atoms with Crippen molar-refractivity contribution in [2.24, 2.45) is 0 Å². The fraction of sp³-hybridized carbons (Fsp3) is 0.115. The highest BCUT2D eigenvalue weighted by Crippen LogP contribution is 2.38. The lowest BCUT2D eigenvalue weighted by molar-refractivity contribution is 0.194. The molecule has 4 nitrogen and oxygen atoms in total. The van der Waals surface area contributed by atoms with E-state index in [0.717, 1.165) is 28.1 Å². The first-order chi connectivity index (χ1) is 15.5. The van der Waals surface area contributed by atoms with Crippen LogP contribution < -0.4 is 5.32 Å². The molecule has 0 fully saturated rings. The number of carbonyl (C=O) groups is 1. The molecule has 5 rings (SSSR count). The first-order valence-electron chi connectivity index (χ1n) is 10.4. The van der Waals surface area contributed by atoms with Crippen LogP contribution in [0.3, 0.4) is 0 Å². The van der Waals surface area contributed by atoms with Gasteiger partial charge in [0, 0.05) is 17.6 Å². The Hall–Kier alpha value is -3.57. The normalized spacial score (nSPS) is 15.0. The molecule has 0 aliphatic carbocycles. The quantitative estimate of drug-likeness (QED) is 0.365. The number of hydrogen-bond acceptors (Lipinski definition) is 1. The molecule has 3 aromatic carbocycles. The van der Waals surface area contributed by atoms with Gasteiger partial charge in [0.2, 0.25) is 0 Å². The number of benzene rings is 3. The summed E-state index contributed by atoms with van der Waals surface area (Å²) in [5.41, 5.74) is 5.67. The summed E-state index contributed by atoms with van der Waals surface area (Å²) in [7, 11) is 0. The third kappa shape index (κ3) is 3.55. The van der Waals surface area contributed by atoms with Gasteiger partial charge in [0.05, 0.1) is 17.3 Å². The molecule has 0 saturated carbocycles. The van der Waals surface area contributed by atoms with E-state index in [9.17, 15) is 9.18 Å². The van der Waals surface area contributed by atoms with Crippen molar-refractivity contribution in [3.63, 3.8) is 0 Å². The van der Waals surface area contributed by atoms with Gasteiger partial charge in [-0.3, -0.25) is 0 Å². The van der Waals surface area contributed by atoms with Crippen molar-refractivity contribution < 1.29 is 9.18 Å². The molecule has 2 amide bonds. The number of anilines is 1. The van der Waals surface area contributed by atoms with E-state index in [-0.39, 0.29) is 17.1 Å². The highest BCUT2D eigenvalue weighted by Gasteiger charge is 2.33. The van der Waals surface area contributed by atoms with Gasteiger partial charge in [-0.05, 0) is 60.0 Å². The van der Waals surface area contributed by atoms with Gasteiger partial charge in [-0.1, -0.05) is 54.1 Å². The van der Waals surface area contributed by atoms with Crippen molar-refractivity contribution >= 4 is 23.3 Å². The van der Waals surface area contributed by atoms with Gasteiger partial charge in [-0.25, -0.2) is 9.18 Å². The predicted molar refractivity (Wildman–Crippen MR) is 125 cm³/mol. The Balaban J connectivity index is 1.64. The number of nitrogens with one attached hydrogen (secondary N) is 1. The summed E-state index contributed by atoms with van der Waals surface area (Å²) < 4.78 is 15.8. The smallest absolute Gasteiger partial charge is 0.318 e. The van der Waals surface area contributed by atoms with Crippen molar-refractivity contribution in [2.75, 3.05) is 5.32 Å². The summed E-state index contributed by atoms with van der Waals surface area (Å²) in [5.74, 6) is -0.524. The van der Waals surface area contributed by atoms with E-state index in [1.54, 1.807) is 0 Å². The van der Waals surface area contributed by atoms with Gasteiger partial charge < -0.3 is 14.8 Å². The summed E-state index contributed by atoms with van der Waals surface area (Å²) in [4.78, 5) is 15.4. The monoisotopic (exact) mass is 445 g/mol. The van der Waals surface area contributed by atoms with Gasteiger partial charge in [0.15, 0.2) is 0 Å². The molecule has 0 bridgehead atoms. The van der Waals surface area contributed by atoms with Crippen molar-refractivity contribution in [3.8, 4) is 5.69 Å². The van der Waals surface area contributed by atoms with Crippen LogP contribution in [0, 0.1) is 12.7 Å². The third-order valence-electron chi connectivity index (χ3n) is 5.88. The summed E-state index contributed by atoms with van der Waals surface area (Å²) in [6.45, 7) is 2.47. The van der Waals surface area contributed by atoms with Gasteiger partial charge in [0.1, 0.15) is 11.9 Å². The van der Waals surface area contributed by atoms with Crippen LogP contribution in [0.4, 0.5) is 14.9 Å². The molecule has 4 aromatic rings. The SMILES string of the molecule is Cc1ccccc1[C@H]1c2cccn2-c2ccccc2CN1C(=O)Nc1ccc(F)c(Cl)c1. The number of halogens is 2. The Morgan fingerprint density at radius 2 is 1.81 bits per heavy atom. The number of aryl methyl sites for hydroxylation is 1. The molecule has 1 N–H and O–H groups in total. The van der Waals surface area contributed by atoms with Crippen LogP contribution in [0.5, 0.6) is 0 Å². The minimum atomic E-state index is -0.524. The third-order valence-corrected chi connectivity index (χ3v) is 6.17. The highest BCUT2D eigenvalue weighted by molar-refractivity contribution is 6.31. The zero-order valence-corrected chi connectivity index (χ0v) is 18.2. The Morgan fingerprint density at radius 1 is 1.03 bits per heavy atom. The molecule has 1 aromatic heterocycles. The topological polar surface area (TPSA) is 37.3 Å². The van der Waals surface area contributed by atoms with Crippen LogP contribution in [-0.4, -0.2) is 15.5 Å². The summed E-state index contributed by atoms with van der Waals surface area (Å²) in [6, 6.07) is 23.8. The number of fused-ring (bicyclic) bond motifs is 3. The molecule has 6 heteroatoms. The van der Waals surface area contributed by atoms with Crippen molar-refractivity contribution in [1.82, 2.24) is 9.47 Å². The van der Waals surface area contributed by atoms with E-state index >= 15 is 0 Å². The lowest BCUT2D eigenvalue weighted by Crippen LogP contribution is -2.38. The van der Waals surface area contributed by atoms with E-state index < -0.39 is 5.82 Å². The average Bonchev–Trinajstić information content (AvgIpc) is 3.21. The Kier molecular flexibility index (Phi) is 5.19. The van der Waals surface area contributed by atoms with Crippen LogP contribution in [0.1, 0.15) is 28.4 Å². The van der Waals surface area contributed by atoms with E-state index in [2.05, 4.69) is 35.0 Å². The number of amides is 2. The molecule has 32 heavy (non-hydrogen) atoms. The molecular weight excluding hydrogens is 425 g/mol. The molecule has 1 atom stereocenters. The summed E-state index contributed by atoms with van der Waals surface area (Å²) in [6.07, 6.45) is 2.03. The number of urea groups is 1. The Labute approximate surface area is 190 Å². The standard InChI is InChI=1S/C26H21ClFN3O/c1-17-7-2-4-9-20(17)25-24-11-6-14-30(24)23-10-5-3-8-18(23)16-31(25)26(32)29-19-12-13-22(28)21(27)15-19/h2-15,25H,16H2,1H3,(H,29,32)/t25-/m0/s1. The molecule has 1 aliphatic rings. The number of rotatable bonds is 2. The molecule has 0 saturated heterocycles. The lowest BCUT2D eigenvalue weighted by atomic mass is 9.97. The molecule has 0 spiro atoms. The van der Waals surface area contributed by atoms with Gasteiger partial charge >= 0.3 is 6.03 Å². The van der Waals surface area contributed by atoms with Crippen LogP contribution in [0.2, 0.25) is 5.02 Å². The van der Waals surface area contributed by atoms with E-state index in [1.165, 1.54) is 18.2 Å². The van der Waals surface area contributed by atoms with E-state index in [4.69, 9.17) is 11.6 Å². The average molecular weight is 446 g/mol. The minimum Gasteiger partial charge on any atom is -0.318 e. The maximum absolute atomic E-state index is 13.6. The van der Waals surface area contributed by atoms with Gasteiger partial charge in [-0.2, -0.15) is 0 Å². The summed E-state index contributed by atoms with van der Waals surface area (Å²) in [5, 5.41) is 2.87. The summed E-state index contributed by atoms with van der Waals surface area (Å²) >= 11 is 5.93. The number of carbonyl (C=O) groups excluding carboxylic acids is 1. The molecule has 2 heterocycles. The maximum Gasteiger partial charge on any atom is 0.322 e. The van der Waals surface area contributed by atoms with Crippen LogP contribution in [-0.2, 0) is 6.54 Å². The van der Waals surface area contributed by atoms with E-state index in [0.29, 0.717) is 12.2 Å². The predicted octanol–water partition coefficient (Wildman–Crippen LogP) is 6.72. The van der Waals surface area contributed by atoms with Crippen LogP contribution in [0.15, 0.2) is 85.1 Å². The van der Waals surface area contributed by atoms with Crippen molar-refractivity contribution in [1.29, 1.82) is 0 Å².